The highest BCUT2D eigenvalue weighted by atomic mass is 32.2. The molecule has 1 aromatic carbocycles. The molecule has 7 nitrogen and oxygen atoms in total. The molecule has 21 heavy (non-hydrogen) atoms. The zero-order valence-corrected chi connectivity index (χ0v) is 12.4. The van der Waals surface area contributed by atoms with Gasteiger partial charge in [-0.05, 0) is 12.1 Å². The van der Waals surface area contributed by atoms with Gasteiger partial charge in [-0.15, -0.1) is 0 Å². The monoisotopic (exact) mass is 314 g/mol. The van der Waals surface area contributed by atoms with Crippen LogP contribution in [0.1, 0.15) is 0 Å². The van der Waals surface area contributed by atoms with Crippen LogP contribution >= 0.6 is 0 Å². The smallest absolute Gasteiger partial charge is 0.243 e. The second kappa shape index (κ2) is 5.80. The van der Waals surface area contributed by atoms with Crippen LogP contribution in [0, 0.1) is 0 Å². The molecule has 0 aromatic heterocycles. The van der Waals surface area contributed by atoms with Gasteiger partial charge in [0.05, 0.1) is 11.5 Å². The van der Waals surface area contributed by atoms with Crippen LogP contribution in [0.4, 0.5) is 0 Å². The molecule has 3 rings (SSSR count). The molecule has 1 aromatic rings. The summed E-state index contributed by atoms with van der Waals surface area (Å²) in [6.07, 6.45) is 0. The van der Waals surface area contributed by atoms with Crippen molar-refractivity contribution in [3.8, 4) is 11.5 Å². The highest BCUT2D eigenvalue weighted by molar-refractivity contribution is 7.89. The van der Waals surface area contributed by atoms with Crippen molar-refractivity contribution in [1.29, 1.82) is 0 Å². The van der Waals surface area contributed by atoms with Crippen molar-refractivity contribution in [2.24, 2.45) is 0 Å². The van der Waals surface area contributed by atoms with Gasteiger partial charge in [-0.3, -0.25) is 4.90 Å². The van der Waals surface area contributed by atoms with Crippen LogP contribution in [-0.4, -0.2) is 68.9 Å². The molecule has 0 amide bonds. The van der Waals surface area contributed by atoms with E-state index in [0.29, 0.717) is 44.2 Å². The molecule has 1 fully saturated rings. The predicted octanol–water partition coefficient (Wildman–Crippen LogP) is -0.286. The van der Waals surface area contributed by atoms with Crippen LogP contribution in [0.2, 0.25) is 0 Å². The Morgan fingerprint density at radius 3 is 2.52 bits per heavy atom. The molecule has 0 spiro atoms. The number of aliphatic hydroxyl groups is 1. The van der Waals surface area contributed by atoms with Crippen LogP contribution in [0.15, 0.2) is 23.1 Å². The van der Waals surface area contributed by atoms with E-state index in [4.69, 9.17) is 14.6 Å². The number of hydrogen-bond acceptors (Lipinski definition) is 6. The molecule has 2 aliphatic rings. The molecule has 0 saturated carbocycles. The lowest BCUT2D eigenvalue weighted by Crippen LogP contribution is -2.49. The van der Waals surface area contributed by atoms with E-state index in [0.717, 1.165) is 0 Å². The number of nitrogens with zero attached hydrogens (tertiary/aromatic N) is 2. The van der Waals surface area contributed by atoms with Gasteiger partial charge in [0.2, 0.25) is 16.8 Å². The maximum Gasteiger partial charge on any atom is 0.243 e. The van der Waals surface area contributed by atoms with Crippen LogP contribution in [-0.2, 0) is 10.0 Å². The number of β-amino-alcohol motifs (C(OH)–C–C–N with tert-alkyl or cyclic N) is 1. The summed E-state index contributed by atoms with van der Waals surface area (Å²) in [6, 6.07) is 4.68. The minimum Gasteiger partial charge on any atom is -0.454 e. The summed E-state index contributed by atoms with van der Waals surface area (Å²) in [4.78, 5) is 2.27. The largest absolute Gasteiger partial charge is 0.454 e. The van der Waals surface area contributed by atoms with Gasteiger partial charge in [-0.2, -0.15) is 4.31 Å². The number of fused-ring (bicyclic) bond motifs is 1. The highest BCUT2D eigenvalue weighted by Crippen LogP contribution is 2.34. The van der Waals surface area contributed by atoms with E-state index in [1.165, 1.54) is 10.4 Å². The normalized spacial score (nSPS) is 19.9. The van der Waals surface area contributed by atoms with Crippen molar-refractivity contribution in [3.05, 3.63) is 18.2 Å². The van der Waals surface area contributed by atoms with E-state index >= 15 is 0 Å². The molecule has 0 radical (unpaired) electrons. The minimum atomic E-state index is -3.51. The molecule has 0 aliphatic carbocycles. The molecule has 0 bridgehead atoms. The van der Waals surface area contributed by atoms with Gasteiger partial charge >= 0.3 is 0 Å². The van der Waals surface area contributed by atoms with Crippen molar-refractivity contribution in [1.82, 2.24) is 9.21 Å². The Labute approximate surface area is 123 Å². The number of aliphatic hydroxyl groups excluding tert-OH is 1. The first-order valence-electron chi connectivity index (χ1n) is 6.84. The third-order valence-electron chi connectivity index (χ3n) is 3.73. The van der Waals surface area contributed by atoms with E-state index in [-0.39, 0.29) is 18.3 Å². The molecule has 1 saturated heterocycles. The molecule has 0 atom stereocenters. The summed E-state index contributed by atoms with van der Waals surface area (Å²) in [6.45, 7) is 2.91. The maximum atomic E-state index is 12.6. The Kier molecular flexibility index (Phi) is 4.03. The Morgan fingerprint density at radius 2 is 1.81 bits per heavy atom. The van der Waals surface area contributed by atoms with Crippen molar-refractivity contribution in [2.45, 2.75) is 4.90 Å². The minimum absolute atomic E-state index is 0.0922. The topological polar surface area (TPSA) is 79.3 Å². The fourth-order valence-corrected chi connectivity index (χ4v) is 3.96. The summed E-state index contributed by atoms with van der Waals surface area (Å²) in [5.41, 5.74) is 0. The number of benzene rings is 1. The lowest BCUT2D eigenvalue weighted by molar-refractivity contribution is 0.151. The van der Waals surface area contributed by atoms with E-state index in [9.17, 15) is 8.42 Å². The molecule has 0 unspecified atom stereocenters. The average Bonchev–Trinajstić information content (AvgIpc) is 2.95. The summed E-state index contributed by atoms with van der Waals surface area (Å²) in [7, 11) is -3.51. The third-order valence-corrected chi connectivity index (χ3v) is 5.62. The van der Waals surface area contributed by atoms with Gasteiger partial charge in [0, 0.05) is 38.8 Å². The van der Waals surface area contributed by atoms with Crippen molar-refractivity contribution < 1.29 is 23.0 Å². The van der Waals surface area contributed by atoms with Gasteiger partial charge in [0.25, 0.3) is 0 Å². The summed E-state index contributed by atoms with van der Waals surface area (Å²) < 4.78 is 37.1. The van der Waals surface area contributed by atoms with E-state index < -0.39 is 10.0 Å². The lowest BCUT2D eigenvalue weighted by Gasteiger charge is -2.33. The SMILES string of the molecule is O=S(=O)(c1ccc2c(c1)OCO2)N1CCN(CCO)CC1. The number of rotatable bonds is 4. The Balaban J connectivity index is 1.75. The van der Waals surface area contributed by atoms with Crippen molar-refractivity contribution >= 4 is 10.0 Å². The molecular weight excluding hydrogens is 296 g/mol. The molecule has 116 valence electrons. The van der Waals surface area contributed by atoms with Gasteiger partial charge in [-0.25, -0.2) is 8.42 Å². The van der Waals surface area contributed by atoms with E-state index in [1.54, 1.807) is 12.1 Å². The van der Waals surface area contributed by atoms with Gasteiger partial charge in [0.15, 0.2) is 11.5 Å². The summed E-state index contributed by atoms with van der Waals surface area (Å²) >= 11 is 0. The van der Waals surface area contributed by atoms with Crippen LogP contribution in [0.25, 0.3) is 0 Å². The number of hydrogen-bond donors (Lipinski definition) is 1. The Bertz CT molecular complexity index is 611. The summed E-state index contributed by atoms with van der Waals surface area (Å²) in [5.74, 6) is 1.04. The van der Waals surface area contributed by atoms with Gasteiger partial charge < -0.3 is 14.6 Å². The molecular formula is C13H18N2O5S. The Morgan fingerprint density at radius 1 is 1.10 bits per heavy atom. The van der Waals surface area contributed by atoms with Gasteiger partial charge in [-0.1, -0.05) is 0 Å². The zero-order chi connectivity index (χ0) is 14.9. The van der Waals surface area contributed by atoms with Crippen LogP contribution in [0.5, 0.6) is 11.5 Å². The summed E-state index contributed by atoms with van der Waals surface area (Å²) in [5, 5.41) is 8.91. The van der Waals surface area contributed by atoms with Crippen LogP contribution < -0.4 is 9.47 Å². The second-order valence-corrected chi connectivity index (χ2v) is 6.92. The quantitative estimate of drug-likeness (QED) is 0.823. The highest BCUT2D eigenvalue weighted by Gasteiger charge is 2.29. The van der Waals surface area contributed by atoms with Crippen molar-refractivity contribution in [2.75, 3.05) is 46.1 Å². The van der Waals surface area contributed by atoms with Crippen LogP contribution in [0.3, 0.4) is 0 Å². The first-order valence-corrected chi connectivity index (χ1v) is 8.28. The third kappa shape index (κ3) is 2.84. The van der Waals surface area contributed by atoms with Crippen molar-refractivity contribution in [3.63, 3.8) is 0 Å². The second-order valence-electron chi connectivity index (χ2n) is 4.98. The fourth-order valence-electron chi connectivity index (χ4n) is 2.52. The first-order chi connectivity index (χ1) is 10.1. The lowest BCUT2D eigenvalue weighted by atomic mass is 10.3. The maximum absolute atomic E-state index is 12.6. The predicted molar refractivity (Wildman–Crippen MR) is 74.8 cm³/mol. The standard InChI is InChI=1S/C13H18N2O5S/c16-8-7-14-3-5-15(6-4-14)21(17,18)11-1-2-12-13(9-11)20-10-19-12/h1-2,9,16H,3-8,10H2. The fraction of sp³-hybridized carbons (Fsp3) is 0.538. The number of ether oxygens (including phenoxy) is 2. The Hall–Kier alpha value is -1.35. The molecule has 1 N–H and O–H groups in total. The number of piperazine rings is 1. The molecule has 8 heteroatoms. The number of sulfonamides is 1. The van der Waals surface area contributed by atoms with E-state index in [1.807, 2.05) is 4.90 Å². The zero-order valence-electron chi connectivity index (χ0n) is 11.6. The molecule has 2 aliphatic heterocycles. The van der Waals surface area contributed by atoms with Gasteiger partial charge in [0.1, 0.15) is 0 Å². The average molecular weight is 314 g/mol. The first kappa shape index (κ1) is 14.6. The molecule has 2 heterocycles. The van der Waals surface area contributed by atoms with E-state index in [2.05, 4.69) is 0 Å².